The number of nitrogens with one attached hydrogen (secondary N) is 1. The van der Waals surface area contributed by atoms with E-state index in [0.717, 1.165) is 27.6 Å². The van der Waals surface area contributed by atoms with Crippen LogP contribution in [0.3, 0.4) is 0 Å². The van der Waals surface area contributed by atoms with Crippen LogP contribution in [0.25, 0.3) is 10.6 Å². The van der Waals surface area contributed by atoms with Crippen LogP contribution >= 0.6 is 22.7 Å². The zero-order valence-corrected chi connectivity index (χ0v) is 16.9. The number of thiazole rings is 1. The molecule has 0 saturated carbocycles. The summed E-state index contributed by atoms with van der Waals surface area (Å²) in [6.45, 7) is 4.06. The molecule has 0 atom stereocenters. The first-order chi connectivity index (χ1) is 13.6. The molecule has 4 aromatic rings. The van der Waals surface area contributed by atoms with Crippen molar-refractivity contribution >= 4 is 33.7 Å². The van der Waals surface area contributed by atoms with Crippen LogP contribution in [-0.2, 0) is 6.61 Å². The van der Waals surface area contributed by atoms with E-state index < -0.39 is 0 Å². The molecule has 1 aromatic carbocycles. The standard InChI is InChI=1S/C20H17N3O3S2/c1-12-16(13(2)26-23-12)10-25-15-6-3-5-14(9-15)19(24)22-20-21-17(11-28-20)18-7-4-8-27-18/h3-9,11H,10H2,1-2H3,(H,21,22,24). The van der Waals surface area contributed by atoms with E-state index in [4.69, 9.17) is 9.26 Å². The fourth-order valence-electron chi connectivity index (χ4n) is 2.63. The lowest BCUT2D eigenvalue weighted by molar-refractivity contribution is 0.102. The number of benzene rings is 1. The van der Waals surface area contributed by atoms with Crippen molar-refractivity contribution in [3.63, 3.8) is 0 Å². The Kier molecular flexibility index (Phi) is 5.23. The number of aromatic nitrogens is 2. The molecule has 8 heteroatoms. The van der Waals surface area contributed by atoms with Gasteiger partial charge in [-0.2, -0.15) is 0 Å². The van der Waals surface area contributed by atoms with Crippen molar-refractivity contribution in [2.24, 2.45) is 0 Å². The Bertz CT molecular complexity index is 1080. The van der Waals surface area contributed by atoms with Crippen LogP contribution in [0, 0.1) is 13.8 Å². The largest absolute Gasteiger partial charge is 0.489 e. The zero-order chi connectivity index (χ0) is 19.5. The number of ether oxygens (including phenoxy) is 1. The normalized spacial score (nSPS) is 10.8. The van der Waals surface area contributed by atoms with Crippen molar-refractivity contribution in [3.8, 4) is 16.3 Å². The molecule has 0 unspecified atom stereocenters. The van der Waals surface area contributed by atoms with Crippen molar-refractivity contribution in [2.75, 3.05) is 5.32 Å². The van der Waals surface area contributed by atoms with Crippen LogP contribution in [0.5, 0.6) is 5.75 Å². The highest BCUT2D eigenvalue weighted by atomic mass is 32.1. The second-order valence-electron chi connectivity index (χ2n) is 6.09. The minimum atomic E-state index is -0.227. The Morgan fingerprint density at radius 3 is 2.86 bits per heavy atom. The number of carbonyl (C=O) groups excluding carboxylic acids is 1. The molecule has 6 nitrogen and oxygen atoms in total. The Morgan fingerprint density at radius 2 is 2.11 bits per heavy atom. The Labute approximate surface area is 169 Å². The fraction of sp³-hybridized carbons (Fsp3) is 0.150. The third-order valence-corrected chi connectivity index (χ3v) is 5.81. The number of rotatable bonds is 6. The molecule has 0 aliphatic carbocycles. The van der Waals surface area contributed by atoms with Gasteiger partial charge in [0, 0.05) is 10.9 Å². The van der Waals surface area contributed by atoms with Gasteiger partial charge in [-0.25, -0.2) is 4.98 Å². The molecule has 0 bridgehead atoms. The summed E-state index contributed by atoms with van der Waals surface area (Å²) in [7, 11) is 0. The van der Waals surface area contributed by atoms with Gasteiger partial charge in [-0.1, -0.05) is 17.3 Å². The SMILES string of the molecule is Cc1noc(C)c1COc1cccc(C(=O)Nc2nc(-c3cccs3)cs2)c1. The van der Waals surface area contributed by atoms with Crippen LogP contribution in [0.1, 0.15) is 27.4 Å². The summed E-state index contributed by atoms with van der Waals surface area (Å²) in [5.41, 5.74) is 3.09. The maximum Gasteiger partial charge on any atom is 0.257 e. The molecule has 0 spiro atoms. The molecule has 0 saturated heterocycles. The van der Waals surface area contributed by atoms with Crippen LogP contribution in [-0.4, -0.2) is 16.0 Å². The molecule has 3 aromatic heterocycles. The van der Waals surface area contributed by atoms with Gasteiger partial charge in [0.1, 0.15) is 18.1 Å². The highest BCUT2D eigenvalue weighted by molar-refractivity contribution is 7.16. The monoisotopic (exact) mass is 411 g/mol. The molecule has 3 heterocycles. The summed E-state index contributed by atoms with van der Waals surface area (Å²) in [6.07, 6.45) is 0. The van der Waals surface area contributed by atoms with Crippen molar-refractivity contribution in [1.29, 1.82) is 0 Å². The summed E-state index contributed by atoms with van der Waals surface area (Å²) >= 11 is 3.02. The Hall–Kier alpha value is -2.97. The molecular weight excluding hydrogens is 394 g/mol. The van der Waals surface area contributed by atoms with Gasteiger partial charge in [0.15, 0.2) is 5.13 Å². The molecule has 0 aliphatic heterocycles. The molecule has 1 amide bonds. The molecule has 0 aliphatic rings. The van der Waals surface area contributed by atoms with Crippen LogP contribution < -0.4 is 10.1 Å². The third kappa shape index (κ3) is 3.97. The van der Waals surface area contributed by atoms with Gasteiger partial charge in [-0.3, -0.25) is 10.1 Å². The first-order valence-electron chi connectivity index (χ1n) is 8.55. The number of aryl methyl sites for hydroxylation is 2. The molecule has 28 heavy (non-hydrogen) atoms. The molecular formula is C20H17N3O3S2. The highest BCUT2D eigenvalue weighted by Gasteiger charge is 2.13. The lowest BCUT2D eigenvalue weighted by Gasteiger charge is -2.08. The lowest BCUT2D eigenvalue weighted by Crippen LogP contribution is -2.11. The summed E-state index contributed by atoms with van der Waals surface area (Å²) in [5.74, 6) is 1.11. The molecule has 4 rings (SSSR count). The van der Waals surface area contributed by atoms with E-state index in [2.05, 4.69) is 15.5 Å². The summed E-state index contributed by atoms with van der Waals surface area (Å²) in [4.78, 5) is 18.1. The Morgan fingerprint density at radius 1 is 1.21 bits per heavy atom. The van der Waals surface area contributed by atoms with Crippen molar-refractivity contribution in [3.05, 3.63) is 69.7 Å². The van der Waals surface area contributed by atoms with Crippen LogP contribution in [0.15, 0.2) is 51.7 Å². The lowest BCUT2D eigenvalue weighted by atomic mass is 10.2. The van der Waals surface area contributed by atoms with Crippen LogP contribution in [0.4, 0.5) is 5.13 Å². The average molecular weight is 412 g/mol. The van der Waals surface area contributed by atoms with E-state index in [-0.39, 0.29) is 5.91 Å². The van der Waals surface area contributed by atoms with Crippen molar-refractivity contribution < 1.29 is 14.1 Å². The number of anilines is 1. The van der Waals surface area contributed by atoms with Gasteiger partial charge >= 0.3 is 0 Å². The van der Waals surface area contributed by atoms with Gasteiger partial charge in [-0.15, -0.1) is 22.7 Å². The maximum absolute atomic E-state index is 12.6. The minimum Gasteiger partial charge on any atom is -0.489 e. The van der Waals surface area contributed by atoms with E-state index in [1.807, 2.05) is 42.8 Å². The van der Waals surface area contributed by atoms with Gasteiger partial charge in [0.25, 0.3) is 5.91 Å². The summed E-state index contributed by atoms with van der Waals surface area (Å²) in [6, 6.07) is 11.0. The smallest absolute Gasteiger partial charge is 0.257 e. The minimum absolute atomic E-state index is 0.227. The topological polar surface area (TPSA) is 77.2 Å². The summed E-state index contributed by atoms with van der Waals surface area (Å²) < 4.78 is 11.0. The van der Waals surface area contributed by atoms with Gasteiger partial charge in [0.2, 0.25) is 0 Å². The van der Waals surface area contributed by atoms with E-state index in [1.165, 1.54) is 11.3 Å². The van der Waals surface area contributed by atoms with Gasteiger partial charge in [0.05, 0.1) is 21.8 Å². The number of thiophene rings is 1. The predicted molar refractivity (Wildman–Crippen MR) is 110 cm³/mol. The molecule has 1 N–H and O–H groups in total. The van der Waals surface area contributed by atoms with Gasteiger partial charge in [-0.05, 0) is 43.5 Å². The molecule has 142 valence electrons. The number of amides is 1. The maximum atomic E-state index is 12.6. The van der Waals surface area contributed by atoms with Gasteiger partial charge < -0.3 is 9.26 Å². The van der Waals surface area contributed by atoms with E-state index in [9.17, 15) is 4.79 Å². The average Bonchev–Trinajstić information content (AvgIpc) is 3.43. The summed E-state index contributed by atoms with van der Waals surface area (Å²) in [5, 5.41) is 11.3. The number of carbonyl (C=O) groups is 1. The zero-order valence-electron chi connectivity index (χ0n) is 15.3. The third-order valence-electron chi connectivity index (χ3n) is 4.16. The highest BCUT2D eigenvalue weighted by Crippen LogP contribution is 2.28. The van der Waals surface area contributed by atoms with E-state index >= 15 is 0 Å². The van der Waals surface area contributed by atoms with E-state index in [0.29, 0.717) is 23.1 Å². The second-order valence-corrected chi connectivity index (χ2v) is 7.89. The first kappa shape index (κ1) is 18.4. The van der Waals surface area contributed by atoms with Crippen molar-refractivity contribution in [2.45, 2.75) is 20.5 Å². The number of hydrogen-bond acceptors (Lipinski definition) is 7. The van der Waals surface area contributed by atoms with Crippen molar-refractivity contribution in [1.82, 2.24) is 10.1 Å². The molecule has 0 fully saturated rings. The van der Waals surface area contributed by atoms with Crippen LogP contribution in [0.2, 0.25) is 0 Å². The predicted octanol–water partition coefficient (Wildman–Crippen LogP) is 5.31. The number of nitrogens with zero attached hydrogens (tertiary/aromatic N) is 2. The first-order valence-corrected chi connectivity index (χ1v) is 10.3. The second kappa shape index (κ2) is 7.95. The molecule has 0 radical (unpaired) electrons. The Balaban J connectivity index is 1.43. The fourth-order valence-corrected chi connectivity index (χ4v) is 4.09. The van der Waals surface area contributed by atoms with E-state index in [1.54, 1.807) is 29.5 Å². The quantitative estimate of drug-likeness (QED) is 0.465. The number of hydrogen-bond donors (Lipinski definition) is 1.